The van der Waals surface area contributed by atoms with Crippen LogP contribution < -0.4 is 5.73 Å². The van der Waals surface area contributed by atoms with Crippen LogP contribution >= 0.6 is 15.9 Å². The molecule has 1 aromatic rings. The Morgan fingerprint density at radius 2 is 2.43 bits per heavy atom. The van der Waals surface area contributed by atoms with Gasteiger partial charge in [-0.15, -0.1) is 0 Å². The molecule has 1 aliphatic rings. The van der Waals surface area contributed by atoms with Crippen molar-refractivity contribution in [3.63, 3.8) is 0 Å². The molecule has 1 saturated heterocycles. The minimum Gasteiger partial charge on any atom is -0.344 e. The Morgan fingerprint density at radius 3 is 3.00 bits per heavy atom. The molecule has 0 spiro atoms. The Morgan fingerprint density at radius 1 is 1.57 bits per heavy atom. The maximum Gasteiger partial charge on any atom is 0.201 e. The van der Waals surface area contributed by atoms with Crippen LogP contribution in [0.1, 0.15) is 12.0 Å². The van der Waals surface area contributed by atoms with E-state index < -0.39 is 0 Å². The molecule has 2 unspecified atom stereocenters. The first kappa shape index (κ1) is 10.0. The highest BCUT2D eigenvalue weighted by Crippen LogP contribution is 2.25. The van der Waals surface area contributed by atoms with Gasteiger partial charge in [0.25, 0.3) is 0 Å². The molecule has 2 atom stereocenters. The zero-order valence-corrected chi connectivity index (χ0v) is 9.11. The van der Waals surface area contributed by atoms with Crippen molar-refractivity contribution in [1.82, 2.24) is 4.98 Å². The number of hydrogen-bond acceptors (Lipinski definition) is 4. The number of pyridine rings is 1. The largest absolute Gasteiger partial charge is 0.344 e. The number of nitrogens with zero attached hydrogens (tertiary/aromatic N) is 1. The van der Waals surface area contributed by atoms with Crippen molar-refractivity contribution in [3.8, 4) is 0 Å². The van der Waals surface area contributed by atoms with Gasteiger partial charge in [0, 0.05) is 17.2 Å². The van der Waals surface area contributed by atoms with E-state index in [-0.39, 0.29) is 12.4 Å². The zero-order chi connectivity index (χ0) is 9.97. The summed E-state index contributed by atoms with van der Waals surface area (Å²) in [5, 5.41) is 0. The van der Waals surface area contributed by atoms with Gasteiger partial charge in [0.1, 0.15) is 0 Å². The Balaban J connectivity index is 2.06. The highest BCUT2D eigenvalue weighted by atomic mass is 79.9. The molecule has 14 heavy (non-hydrogen) atoms. The highest BCUT2D eigenvalue weighted by molar-refractivity contribution is 9.10. The number of halogens is 1. The van der Waals surface area contributed by atoms with E-state index in [9.17, 15) is 0 Å². The normalized spacial score (nSPS) is 26.7. The molecule has 0 bridgehead atoms. The SMILES string of the molecule is NCC1COC(c2ccc(Br)cn2)O1. The molecular formula is C9H11BrN2O2. The van der Waals surface area contributed by atoms with Gasteiger partial charge < -0.3 is 15.2 Å². The van der Waals surface area contributed by atoms with E-state index in [0.717, 1.165) is 10.2 Å². The van der Waals surface area contributed by atoms with Crippen LogP contribution in [0.15, 0.2) is 22.8 Å². The molecule has 2 heterocycles. The van der Waals surface area contributed by atoms with Crippen molar-refractivity contribution in [2.24, 2.45) is 5.73 Å². The summed E-state index contributed by atoms with van der Waals surface area (Å²) in [6, 6.07) is 3.78. The molecule has 1 aliphatic heterocycles. The lowest BCUT2D eigenvalue weighted by molar-refractivity contribution is -0.0615. The summed E-state index contributed by atoms with van der Waals surface area (Å²) in [4.78, 5) is 4.19. The fourth-order valence-electron chi connectivity index (χ4n) is 1.25. The van der Waals surface area contributed by atoms with Crippen molar-refractivity contribution < 1.29 is 9.47 Å². The number of nitrogens with two attached hydrogens (primary N) is 1. The van der Waals surface area contributed by atoms with E-state index in [2.05, 4.69) is 20.9 Å². The lowest BCUT2D eigenvalue weighted by atomic mass is 10.3. The van der Waals surface area contributed by atoms with Gasteiger partial charge in [-0.25, -0.2) is 0 Å². The van der Waals surface area contributed by atoms with E-state index in [1.54, 1.807) is 6.20 Å². The van der Waals surface area contributed by atoms with Gasteiger partial charge in [-0.2, -0.15) is 0 Å². The van der Waals surface area contributed by atoms with E-state index in [1.165, 1.54) is 0 Å². The van der Waals surface area contributed by atoms with E-state index in [0.29, 0.717) is 13.2 Å². The first-order valence-corrected chi connectivity index (χ1v) is 5.17. The Labute approximate surface area is 90.5 Å². The van der Waals surface area contributed by atoms with Crippen molar-refractivity contribution in [3.05, 3.63) is 28.5 Å². The smallest absolute Gasteiger partial charge is 0.201 e. The molecule has 0 aliphatic carbocycles. The second-order valence-corrected chi connectivity index (χ2v) is 3.98. The van der Waals surface area contributed by atoms with Crippen LogP contribution in [0.5, 0.6) is 0 Å². The summed E-state index contributed by atoms with van der Waals surface area (Å²) >= 11 is 3.32. The van der Waals surface area contributed by atoms with Crippen molar-refractivity contribution in [1.29, 1.82) is 0 Å². The first-order valence-electron chi connectivity index (χ1n) is 4.38. The van der Waals surface area contributed by atoms with Crippen molar-refractivity contribution >= 4 is 15.9 Å². The van der Waals surface area contributed by atoms with E-state index in [1.807, 2.05) is 12.1 Å². The summed E-state index contributed by atoms with van der Waals surface area (Å²) in [6.07, 6.45) is 1.35. The minimum absolute atomic E-state index is 0.00885. The van der Waals surface area contributed by atoms with Crippen LogP contribution in [0.3, 0.4) is 0 Å². The van der Waals surface area contributed by atoms with Crippen molar-refractivity contribution in [2.75, 3.05) is 13.2 Å². The molecule has 0 aromatic carbocycles. The minimum atomic E-state index is -0.364. The fourth-order valence-corrected chi connectivity index (χ4v) is 1.49. The highest BCUT2D eigenvalue weighted by Gasteiger charge is 2.26. The van der Waals surface area contributed by atoms with Gasteiger partial charge >= 0.3 is 0 Å². The molecular weight excluding hydrogens is 248 g/mol. The maximum atomic E-state index is 5.51. The molecule has 1 fully saturated rings. The predicted molar refractivity (Wildman–Crippen MR) is 54.6 cm³/mol. The average molecular weight is 259 g/mol. The van der Waals surface area contributed by atoms with Gasteiger partial charge in [0.2, 0.25) is 6.29 Å². The molecule has 4 nitrogen and oxygen atoms in total. The fraction of sp³-hybridized carbons (Fsp3) is 0.444. The van der Waals surface area contributed by atoms with E-state index >= 15 is 0 Å². The number of aromatic nitrogens is 1. The number of rotatable bonds is 2. The summed E-state index contributed by atoms with van der Waals surface area (Å²) in [6.45, 7) is 1.02. The van der Waals surface area contributed by atoms with Gasteiger partial charge in [0.15, 0.2) is 0 Å². The molecule has 76 valence electrons. The van der Waals surface area contributed by atoms with Crippen LogP contribution in [0.4, 0.5) is 0 Å². The van der Waals surface area contributed by atoms with Crippen LogP contribution in [-0.2, 0) is 9.47 Å². The van der Waals surface area contributed by atoms with Crippen LogP contribution in [-0.4, -0.2) is 24.2 Å². The Bertz CT molecular complexity index is 304. The lowest BCUT2D eigenvalue weighted by Gasteiger charge is -2.09. The summed E-state index contributed by atoms with van der Waals surface area (Å²) < 4.78 is 11.9. The number of hydrogen-bond donors (Lipinski definition) is 1. The monoisotopic (exact) mass is 258 g/mol. The van der Waals surface area contributed by atoms with E-state index in [4.69, 9.17) is 15.2 Å². The summed E-state index contributed by atoms with van der Waals surface area (Å²) in [7, 11) is 0. The third-order valence-electron chi connectivity index (χ3n) is 2.00. The molecule has 0 saturated carbocycles. The number of ether oxygens (including phenoxy) is 2. The molecule has 2 rings (SSSR count). The van der Waals surface area contributed by atoms with Crippen LogP contribution in [0.2, 0.25) is 0 Å². The third-order valence-corrected chi connectivity index (χ3v) is 2.47. The van der Waals surface area contributed by atoms with Gasteiger partial charge in [-0.05, 0) is 28.1 Å². The second-order valence-electron chi connectivity index (χ2n) is 3.06. The van der Waals surface area contributed by atoms with Crippen molar-refractivity contribution in [2.45, 2.75) is 12.4 Å². The second kappa shape index (κ2) is 4.35. The third kappa shape index (κ3) is 2.12. The Hall–Kier alpha value is -0.490. The molecule has 2 N–H and O–H groups in total. The van der Waals surface area contributed by atoms with Crippen LogP contribution in [0.25, 0.3) is 0 Å². The van der Waals surface area contributed by atoms with Gasteiger partial charge in [-0.1, -0.05) is 0 Å². The molecule has 1 aromatic heterocycles. The zero-order valence-electron chi connectivity index (χ0n) is 7.52. The average Bonchev–Trinajstić information content (AvgIpc) is 2.67. The summed E-state index contributed by atoms with van der Waals surface area (Å²) in [5.74, 6) is 0. The lowest BCUT2D eigenvalue weighted by Crippen LogP contribution is -2.21. The van der Waals surface area contributed by atoms with Gasteiger partial charge in [-0.3, -0.25) is 4.98 Å². The Kier molecular flexibility index (Phi) is 3.12. The maximum absolute atomic E-state index is 5.51. The molecule has 5 heteroatoms. The summed E-state index contributed by atoms with van der Waals surface area (Å²) in [5.41, 5.74) is 6.25. The molecule has 0 radical (unpaired) electrons. The van der Waals surface area contributed by atoms with Crippen LogP contribution in [0, 0.1) is 0 Å². The topological polar surface area (TPSA) is 57.4 Å². The predicted octanol–water partition coefficient (Wildman–Crippen LogP) is 1.22. The quantitative estimate of drug-likeness (QED) is 0.867. The first-order chi connectivity index (χ1) is 6.79. The van der Waals surface area contributed by atoms with Gasteiger partial charge in [0.05, 0.1) is 18.4 Å². The standard InChI is InChI=1S/C9H11BrN2O2/c10-6-1-2-8(12-4-6)9-13-5-7(3-11)14-9/h1-2,4,7,9H,3,5,11H2. The molecule has 0 amide bonds.